The van der Waals surface area contributed by atoms with E-state index in [2.05, 4.69) is 45.1 Å². The Hall–Kier alpha value is -1.62. The third-order valence-corrected chi connectivity index (χ3v) is 3.09. The summed E-state index contributed by atoms with van der Waals surface area (Å²) in [5.41, 5.74) is 0.836. The molecule has 0 unspecified atom stereocenters. The lowest BCUT2D eigenvalue weighted by Gasteiger charge is -2.10. The van der Waals surface area contributed by atoms with Crippen LogP contribution >= 0.6 is 15.9 Å². The van der Waals surface area contributed by atoms with Crippen LogP contribution in [0, 0.1) is 0 Å². The molecule has 5 heteroatoms. The first-order valence-corrected chi connectivity index (χ1v) is 6.91. The van der Waals surface area contributed by atoms with Crippen LogP contribution in [0.1, 0.15) is 31.2 Å². The van der Waals surface area contributed by atoms with Crippen molar-refractivity contribution in [2.24, 2.45) is 0 Å². The fraction of sp³-hybridized carbons (Fsp3) is 0.286. The zero-order valence-electron chi connectivity index (χ0n) is 10.9. The van der Waals surface area contributed by atoms with Gasteiger partial charge in [-0.3, -0.25) is 0 Å². The fourth-order valence-corrected chi connectivity index (χ4v) is 2.03. The first-order chi connectivity index (χ1) is 9.06. The second-order valence-electron chi connectivity index (χ2n) is 4.57. The SMILES string of the molecule is CC(C)c1nc(Br)cc(NCc2ccccc2O)n1. The van der Waals surface area contributed by atoms with Gasteiger partial charge in [-0.05, 0) is 22.0 Å². The van der Waals surface area contributed by atoms with Crippen molar-refractivity contribution in [3.8, 4) is 5.75 Å². The summed E-state index contributed by atoms with van der Waals surface area (Å²) in [4.78, 5) is 8.77. The molecule has 19 heavy (non-hydrogen) atoms. The highest BCUT2D eigenvalue weighted by Gasteiger charge is 2.07. The molecule has 0 fully saturated rings. The quantitative estimate of drug-likeness (QED) is 0.843. The van der Waals surface area contributed by atoms with Crippen molar-refractivity contribution in [2.45, 2.75) is 26.3 Å². The van der Waals surface area contributed by atoms with Crippen molar-refractivity contribution in [1.82, 2.24) is 9.97 Å². The predicted molar refractivity (Wildman–Crippen MR) is 79.3 cm³/mol. The molecule has 0 atom stereocenters. The summed E-state index contributed by atoms with van der Waals surface area (Å²) in [6.45, 7) is 4.62. The van der Waals surface area contributed by atoms with Crippen molar-refractivity contribution in [2.75, 3.05) is 5.32 Å². The second kappa shape index (κ2) is 6.02. The molecule has 0 saturated carbocycles. The summed E-state index contributed by atoms with van der Waals surface area (Å²) < 4.78 is 0.756. The summed E-state index contributed by atoms with van der Waals surface area (Å²) in [6.07, 6.45) is 0. The molecule has 0 amide bonds. The Labute approximate surface area is 121 Å². The molecule has 100 valence electrons. The zero-order chi connectivity index (χ0) is 13.8. The minimum absolute atomic E-state index is 0.267. The van der Waals surface area contributed by atoms with Crippen LogP contribution in [-0.4, -0.2) is 15.1 Å². The number of phenolic OH excluding ortho intramolecular Hbond substituents is 1. The molecule has 2 N–H and O–H groups in total. The molecule has 2 aromatic rings. The van der Waals surface area contributed by atoms with E-state index in [1.165, 1.54) is 0 Å². The fourth-order valence-electron chi connectivity index (χ4n) is 1.63. The smallest absolute Gasteiger partial charge is 0.134 e. The topological polar surface area (TPSA) is 58.0 Å². The van der Waals surface area contributed by atoms with Crippen molar-refractivity contribution in [3.05, 3.63) is 46.3 Å². The maximum absolute atomic E-state index is 9.70. The summed E-state index contributed by atoms with van der Waals surface area (Å²) in [6, 6.07) is 9.07. The van der Waals surface area contributed by atoms with E-state index in [9.17, 15) is 5.11 Å². The standard InChI is InChI=1S/C14H16BrN3O/c1-9(2)14-17-12(15)7-13(18-14)16-8-10-5-3-4-6-11(10)19/h3-7,9,19H,8H2,1-2H3,(H,16,17,18). The number of halogens is 1. The Morgan fingerprint density at radius 2 is 2.00 bits per heavy atom. The van der Waals surface area contributed by atoms with Crippen molar-refractivity contribution in [1.29, 1.82) is 0 Å². The highest BCUT2D eigenvalue weighted by molar-refractivity contribution is 9.10. The minimum Gasteiger partial charge on any atom is -0.508 e. The number of aromatic hydroxyl groups is 1. The predicted octanol–water partition coefficient (Wildman–Crippen LogP) is 3.68. The molecular weight excluding hydrogens is 306 g/mol. The number of phenols is 1. The number of nitrogens with one attached hydrogen (secondary N) is 1. The Morgan fingerprint density at radius 1 is 1.26 bits per heavy atom. The van der Waals surface area contributed by atoms with E-state index in [0.717, 1.165) is 21.8 Å². The molecule has 0 aliphatic heterocycles. The van der Waals surface area contributed by atoms with Gasteiger partial charge in [0.2, 0.25) is 0 Å². The van der Waals surface area contributed by atoms with Crippen LogP contribution in [0.4, 0.5) is 5.82 Å². The molecule has 0 spiro atoms. The molecule has 1 heterocycles. The number of hydrogen-bond acceptors (Lipinski definition) is 4. The molecule has 1 aromatic heterocycles. The van der Waals surface area contributed by atoms with E-state index in [0.29, 0.717) is 6.54 Å². The maximum atomic E-state index is 9.70. The Bertz CT molecular complexity index is 572. The van der Waals surface area contributed by atoms with Gasteiger partial charge in [0.05, 0.1) is 0 Å². The molecule has 0 bridgehead atoms. The number of benzene rings is 1. The second-order valence-corrected chi connectivity index (χ2v) is 5.38. The van der Waals surface area contributed by atoms with E-state index in [1.807, 2.05) is 18.2 Å². The van der Waals surface area contributed by atoms with E-state index >= 15 is 0 Å². The lowest BCUT2D eigenvalue weighted by molar-refractivity contribution is 0.469. The number of rotatable bonds is 4. The van der Waals surface area contributed by atoms with Crippen LogP contribution in [0.2, 0.25) is 0 Å². The normalized spacial score (nSPS) is 10.7. The molecule has 0 radical (unpaired) electrons. The molecular formula is C14H16BrN3O. The number of para-hydroxylation sites is 1. The van der Waals surface area contributed by atoms with Gasteiger partial charge in [0, 0.05) is 24.1 Å². The summed E-state index contributed by atoms with van der Waals surface area (Å²) >= 11 is 3.38. The van der Waals surface area contributed by atoms with Crippen LogP contribution in [0.5, 0.6) is 5.75 Å². The summed E-state index contributed by atoms with van der Waals surface area (Å²) in [5.74, 6) is 2.08. The Morgan fingerprint density at radius 3 is 2.68 bits per heavy atom. The van der Waals surface area contributed by atoms with E-state index < -0.39 is 0 Å². The lowest BCUT2D eigenvalue weighted by atomic mass is 10.2. The van der Waals surface area contributed by atoms with Gasteiger partial charge in [0.15, 0.2) is 0 Å². The van der Waals surface area contributed by atoms with Crippen LogP contribution in [0.25, 0.3) is 0 Å². The van der Waals surface area contributed by atoms with Crippen LogP contribution in [0.15, 0.2) is 34.9 Å². The van der Waals surface area contributed by atoms with Gasteiger partial charge in [-0.15, -0.1) is 0 Å². The lowest BCUT2D eigenvalue weighted by Crippen LogP contribution is -2.05. The van der Waals surface area contributed by atoms with Crippen LogP contribution in [-0.2, 0) is 6.54 Å². The molecule has 0 saturated heterocycles. The van der Waals surface area contributed by atoms with Crippen molar-refractivity contribution >= 4 is 21.7 Å². The Balaban J connectivity index is 2.14. The van der Waals surface area contributed by atoms with Gasteiger partial charge >= 0.3 is 0 Å². The van der Waals surface area contributed by atoms with Gasteiger partial charge in [-0.25, -0.2) is 9.97 Å². The first kappa shape index (κ1) is 13.8. The van der Waals surface area contributed by atoms with Crippen LogP contribution in [0.3, 0.4) is 0 Å². The summed E-state index contributed by atoms with van der Waals surface area (Å²) in [7, 11) is 0. The number of aromatic nitrogens is 2. The number of nitrogens with zero attached hydrogens (tertiary/aromatic N) is 2. The van der Waals surface area contributed by atoms with Gasteiger partial charge in [-0.1, -0.05) is 32.0 Å². The summed E-state index contributed by atoms with van der Waals surface area (Å²) in [5, 5.41) is 12.9. The average Bonchev–Trinajstić information content (AvgIpc) is 2.37. The van der Waals surface area contributed by atoms with Gasteiger partial charge in [0.25, 0.3) is 0 Å². The Kier molecular flexibility index (Phi) is 4.37. The molecule has 0 aliphatic rings. The van der Waals surface area contributed by atoms with Crippen molar-refractivity contribution in [3.63, 3.8) is 0 Å². The van der Waals surface area contributed by atoms with E-state index in [4.69, 9.17) is 0 Å². The molecule has 2 rings (SSSR count). The van der Waals surface area contributed by atoms with Gasteiger partial charge in [0.1, 0.15) is 22.0 Å². The molecule has 1 aromatic carbocycles. The maximum Gasteiger partial charge on any atom is 0.134 e. The highest BCUT2D eigenvalue weighted by atomic mass is 79.9. The van der Waals surface area contributed by atoms with Crippen molar-refractivity contribution < 1.29 is 5.11 Å². The number of hydrogen-bond donors (Lipinski definition) is 2. The molecule has 4 nitrogen and oxygen atoms in total. The first-order valence-electron chi connectivity index (χ1n) is 6.11. The van der Waals surface area contributed by atoms with E-state index in [-0.39, 0.29) is 11.7 Å². The van der Waals surface area contributed by atoms with Gasteiger partial charge in [-0.2, -0.15) is 0 Å². The van der Waals surface area contributed by atoms with Crippen LogP contribution < -0.4 is 5.32 Å². The average molecular weight is 322 g/mol. The van der Waals surface area contributed by atoms with E-state index in [1.54, 1.807) is 12.1 Å². The monoisotopic (exact) mass is 321 g/mol. The largest absolute Gasteiger partial charge is 0.508 e. The molecule has 0 aliphatic carbocycles. The minimum atomic E-state index is 0.267. The number of anilines is 1. The third kappa shape index (κ3) is 3.67. The zero-order valence-corrected chi connectivity index (χ0v) is 12.5. The third-order valence-electron chi connectivity index (χ3n) is 2.68. The van der Waals surface area contributed by atoms with Gasteiger partial charge < -0.3 is 10.4 Å². The highest BCUT2D eigenvalue weighted by Crippen LogP contribution is 2.20.